The number of para-hydroxylation sites is 1. The highest BCUT2D eigenvalue weighted by Crippen LogP contribution is 2.38. The molecule has 0 atom stereocenters. The lowest BCUT2D eigenvalue weighted by atomic mass is 10.1. The molecule has 11 heteroatoms. The second kappa shape index (κ2) is 11.0. The molecule has 0 radical (unpaired) electrons. The molecule has 0 aliphatic carbocycles. The van der Waals surface area contributed by atoms with Crippen molar-refractivity contribution in [2.24, 2.45) is 0 Å². The van der Waals surface area contributed by atoms with Crippen LogP contribution in [0.5, 0.6) is 11.5 Å². The number of rotatable bonds is 9. The molecule has 3 aromatic rings. The van der Waals surface area contributed by atoms with Gasteiger partial charge in [-0.15, -0.1) is 0 Å². The van der Waals surface area contributed by atoms with Gasteiger partial charge in [-0.1, -0.05) is 48.2 Å². The number of thiocarbonyl (C=S) groups is 1. The third-order valence-corrected chi connectivity index (χ3v) is 6.29. The molecule has 1 N–H and O–H groups in total. The van der Waals surface area contributed by atoms with Crippen molar-refractivity contribution >= 4 is 57.6 Å². The zero-order valence-corrected chi connectivity index (χ0v) is 20.2. The summed E-state index contributed by atoms with van der Waals surface area (Å²) in [4.78, 5) is 36.7. The summed E-state index contributed by atoms with van der Waals surface area (Å²) in [6, 6.07) is 19.1. The van der Waals surface area contributed by atoms with Crippen molar-refractivity contribution in [3.05, 3.63) is 98.9 Å². The summed E-state index contributed by atoms with van der Waals surface area (Å²) in [5.74, 6) is -0.596. The Bertz CT molecular complexity index is 1380. The fourth-order valence-electron chi connectivity index (χ4n) is 3.33. The van der Waals surface area contributed by atoms with E-state index in [9.17, 15) is 24.8 Å². The number of nitro benzene ring substituents is 1. The van der Waals surface area contributed by atoms with E-state index in [2.05, 4.69) is 0 Å². The number of non-ortho nitro benzene ring substituents is 1. The molecule has 9 nitrogen and oxygen atoms in total. The van der Waals surface area contributed by atoms with Gasteiger partial charge in [0, 0.05) is 17.7 Å². The van der Waals surface area contributed by atoms with Gasteiger partial charge in [0.15, 0.2) is 4.32 Å². The van der Waals surface area contributed by atoms with Crippen molar-refractivity contribution in [3.8, 4) is 11.5 Å². The smallest absolute Gasteiger partial charge is 0.335 e. The third-order valence-electron chi connectivity index (χ3n) is 4.99. The quantitative estimate of drug-likeness (QED) is 0.134. The van der Waals surface area contributed by atoms with Gasteiger partial charge in [0.2, 0.25) is 0 Å². The summed E-state index contributed by atoms with van der Waals surface area (Å²) in [6.45, 7) is 0.402. The van der Waals surface area contributed by atoms with Crippen LogP contribution in [0, 0.1) is 10.1 Å². The number of nitro groups is 1. The van der Waals surface area contributed by atoms with E-state index in [1.165, 1.54) is 47.4 Å². The van der Waals surface area contributed by atoms with Gasteiger partial charge in [-0.05, 0) is 42.5 Å². The molecule has 0 spiro atoms. The molecule has 1 heterocycles. The molecule has 36 heavy (non-hydrogen) atoms. The molecule has 0 saturated carbocycles. The van der Waals surface area contributed by atoms with Crippen LogP contribution in [0.25, 0.3) is 6.08 Å². The number of hydrogen-bond donors (Lipinski definition) is 1. The Labute approximate surface area is 215 Å². The molecule has 1 amide bonds. The molecular formula is C25H18N2O7S2. The molecule has 0 aromatic heterocycles. The minimum Gasteiger partial charge on any atom is -0.490 e. The van der Waals surface area contributed by atoms with Crippen LogP contribution < -0.4 is 14.4 Å². The molecule has 0 bridgehead atoms. The van der Waals surface area contributed by atoms with Crippen LogP contribution in [0.4, 0.5) is 11.4 Å². The molecule has 0 unspecified atom stereocenters. The number of thioether (sulfide) groups is 1. The van der Waals surface area contributed by atoms with Crippen molar-refractivity contribution < 1.29 is 29.1 Å². The molecule has 1 fully saturated rings. The third kappa shape index (κ3) is 5.70. The van der Waals surface area contributed by atoms with E-state index >= 15 is 0 Å². The number of aromatic carboxylic acids is 1. The molecule has 4 rings (SSSR count). The summed E-state index contributed by atoms with van der Waals surface area (Å²) in [5, 5.41) is 20.6. The SMILES string of the molecule is O=C(O)c1cccc(N2C(=O)/C(=C\c3cc([N+](=O)[O-])ccc3OCCOc3ccccc3)SC2=S)c1. The van der Waals surface area contributed by atoms with Gasteiger partial charge in [0.25, 0.3) is 11.6 Å². The van der Waals surface area contributed by atoms with Gasteiger partial charge >= 0.3 is 5.97 Å². The Morgan fingerprint density at radius 2 is 1.81 bits per heavy atom. The number of carbonyl (C=O) groups excluding carboxylic acids is 1. The lowest BCUT2D eigenvalue weighted by Gasteiger charge is -2.15. The van der Waals surface area contributed by atoms with E-state index in [0.29, 0.717) is 22.7 Å². The van der Waals surface area contributed by atoms with Crippen LogP contribution in [-0.4, -0.2) is 39.4 Å². The van der Waals surface area contributed by atoms with Gasteiger partial charge in [0.05, 0.1) is 21.1 Å². The summed E-state index contributed by atoms with van der Waals surface area (Å²) < 4.78 is 11.6. The van der Waals surface area contributed by atoms with Crippen molar-refractivity contribution in [3.63, 3.8) is 0 Å². The van der Waals surface area contributed by atoms with E-state index in [-0.39, 0.29) is 33.7 Å². The zero-order chi connectivity index (χ0) is 25.7. The summed E-state index contributed by atoms with van der Waals surface area (Å²) in [6.07, 6.45) is 1.47. The van der Waals surface area contributed by atoms with Crippen LogP contribution in [-0.2, 0) is 4.79 Å². The summed E-state index contributed by atoms with van der Waals surface area (Å²) in [5.41, 5.74) is 0.481. The summed E-state index contributed by atoms with van der Waals surface area (Å²) in [7, 11) is 0. The molecule has 1 aliphatic heterocycles. The number of hydrogen-bond acceptors (Lipinski definition) is 8. The Morgan fingerprint density at radius 3 is 2.53 bits per heavy atom. The van der Waals surface area contributed by atoms with E-state index in [4.69, 9.17) is 21.7 Å². The maximum Gasteiger partial charge on any atom is 0.335 e. The maximum absolute atomic E-state index is 13.2. The monoisotopic (exact) mass is 522 g/mol. The lowest BCUT2D eigenvalue weighted by Crippen LogP contribution is -2.27. The Hall–Kier alpha value is -4.22. The van der Waals surface area contributed by atoms with E-state index < -0.39 is 16.8 Å². The van der Waals surface area contributed by atoms with Gasteiger partial charge in [-0.2, -0.15) is 0 Å². The number of carbonyl (C=O) groups is 2. The average Bonchev–Trinajstić information content (AvgIpc) is 3.15. The highest BCUT2D eigenvalue weighted by molar-refractivity contribution is 8.27. The highest BCUT2D eigenvalue weighted by atomic mass is 32.2. The molecular weight excluding hydrogens is 504 g/mol. The number of carboxylic acid groups (broad SMARTS) is 1. The summed E-state index contributed by atoms with van der Waals surface area (Å²) >= 11 is 6.36. The first-order valence-electron chi connectivity index (χ1n) is 10.5. The normalized spacial score (nSPS) is 14.2. The van der Waals surface area contributed by atoms with Gasteiger partial charge in [0.1, 0.15) is 24.7 Å². The molecule has 182 valence electrons. The number of amides is 1. The molecule has 1 aliphatic rings. The Kier molecular flexibility index (Phi) is 7.62. The van der Waals surface area contributed by atoms with Gasteiger partial charge in [-0.3, -0.25) is 19.8 Å². The molecule has 3 aromatic carbocycles. The van der Waals surface area contributed by atoms with Gasteiger partial charge < -0.3 is 14.6 Å². The fourth-order valence-corrected chi connectivity index (χ4v) is 4.62. The Balaban J connectivity index is 1.57. The van der Waals surface area contributed by atoms with E-state index in [1.54, 1.807) is 6.07 Å². The van der Waals surface area contributed by atoms with Crippen molar-refractivity contribution in [1.29, 1.82) is 0 Å². The van der Waals surface area contributed by atoms with Crippen LogP contribution in [0.2, 0.25) is 0 Å². The number of benzene rings is 3. The predicted molar refractivity (Wildman–Crippen MR) is 140 cm³/mol. The maximum atomic E-state index is 13.2. The van der Waals surface area contributed by atoms with Crippen molar-refractivity contribution in [1.82, 2.24) is 0 Å². The largest absolute Gasteiger partial charge is 0.490 e. The van der Waals surface area contributed by atoms with Crippen LogP contribution in [0.15, 0.2) is 77.7 Å². The van der Waals surface area contributed by atoms with E-state index in [0.717, 1.165) is 11.8 Å². The number of anilines is 1. The first-order chi connectivity index (χ1) is 17.3. The average molecular weight is 523 g/mol. The first-order valence-corrected chi connectivity index (χ1v) is 11.8. The van der Waals surface area contributed by atoms with Crippen LogP contribution >= 0.6 is 24.0 Å². The number of nitrogens with zero attached hydrogens (tertiary/aromatic N) is 2. The number of carboxylic acids is 1. The Morgan fingerprint density at radius 1 is 1.06 bits per heavy atom. The standard InChI is InChI=1S/C25H18N2O7S2/c28-23-22(36-25(35)26(23)18-6-4-5-16(13-18)24(29)30)15-17-14-19(27(31)32)9-10-21(17)34-12-11-33-20-7-2-1-3-8-20/h1-10,13-15H,11-12H2,(H,29,30)/b22-15+. The zero-order valence-electron chi connectivity index (χ0n) is 18.5. The first kappa shape index (κ1) is 24.9. The van der Waals surface area contributed by atoms with Gasteiger partial charge in [-0.25, -0.2) is 4.79 Å². The van der Waals surface area contributed by atoms with Crippen molar-refractivity contribution in [2.45, 2.75) is 0 Å². The van der Waals surface area contributed by atoms with E-state index in [1.807, 2.05) is 30.3 Å². The number of ether oxygens (including phenoxy) is 2. The topological polar surface area (TPSA) is 119 Å². The highest BCUT2D eigenvalue weighted by Gasteiger charge is 2.34. The second-order valence-corrected chi connectivity index (χ2v) is 9.04. The minimum atomic E-state index is -1.13. The predicted octanol–water partition coefficient (Wildman–Crippen LogP) is 5.16. The molecule has 1 saturated heterocycles. The minimum absolute atomic E-state index is 0.0117. The van der Waals surface area contributed by atoms with Crippen molar-refractivity contribution in [2.75, 3.05) is 18.1 Å². The van der Waals surface area contributed by atoms with Crippen LogP contribution in [0.1, 0.15) is 15.9 Å². The lowest BCUT2D eigenvalue weighted by molar-refractivity contribution is -0.384. The second-order valence-electron chi connectivity index (χ2n) is 7.36. The fraction of sp³-hybridized carbons (Fsp3) is 0.0800. The van der Waals surface area contributed by atoms with Crippen LogP contribution in [0.3, 0.4) is 0 Å².